The summed E-state index contributed by atoms with van der Waals surface area (Å²) in [5, 5.41) is 0. The summed E-state index contributed by atoms with van der Waals surface area (Å²) in [6, 6.07) is -4.11. The number of quaternary nitrogens is 1. The number of methoxy groups -OCH3 is 2. The predicted molar refractivity (Wildman–Crippen MR) is 486 cm³/mol. The molecule has 6 heterocycles. The van der Waals surface area contributed by atoms with Crippen molar-refractivity contribution in [2.75, 3.05) is 92.0 Å². The molecule has 6 aliphatic rings. The van der Waals surface area contributed by atoms with E-state index in [4.69, 9.17) is 105 Å². The molecule has 6 aliphatic heterocycles. The van der Waals surface area contributed by atoms with E-state index in [0.29, 0.717) is 59.0 Å². The number of hydrogen-bond donors (Lipinski definition) is 1. The molecule has 0 aromatic rings. The molecule has 27 atom stereocenters. The summed E-state index contributed by atoms with van der Waals surface area (Å²) in [5.41, 5.74) is -3.75. The quantitative estimate of drug-likeness (QED) is 0.0375. The number of nitrogens with zero attached hydrogens (tertiary/aromatic N) is 1. The van der Waals surface area contributed by atoms with Crippen LogP contribution in [0, 0.1) is 94.9 Å². The van der Waals surface area contributed by atoms with Crippen molar-refractivity contribution in [3.63, 3.8) is 0 Å². The average Bonchev–Trinajstić information content (AvgIpc) is 1.72. The molecule has 0 saturated carbocycles. The molecule has 9 unspecified atom stereocenters. The van der Waals surface area contributed by atoms with E-state index < -0.39 is 94.5 Å². The smallest absolute Gasteiger partial charge is 0.144 e. The standard InChI is InChI=1S/C10H19BO2PS.2C8H14BFO2P.2C8H13BFO.C8H14BO2S.C6H15FN.C2H7P.CH4ClP.2CH4.4CH3.4Ni.S8.6Y/c1-7-8(12-3)9(11)13-10(7,2)6-15-14(4)5;2*1-4-8(2)6(12-13-3)5(10)7(9)11-8;2*1-4-8(3)5(2)6(10)7(9)11-8;1-5-6(10-3)7(9)11-8(5,2)4-12;1-4-8(7,5-2)6-3;2*1-3-2;;;;;;;;;;;1-3-5-7-8-6-4-2;;;;;;/h7-9H,2,6H2,1,3-5H3;2*5-7,13H,2,4H2,1,3H3;2*5-7H,3-4H2,1-2H3;5-7,12H,2,4H2,1,3H3;4-6H2,1-3H3;3H,1-2H3;3H,1H3;2*1H4;4*1H3;;;;;;;;;;;/q6*-1;+1;;;;;4*-1;;;;;;;;;;;/t7?,8-,9+,10+;2*5-,6?,7+,8+;3*5?,6-,7+,8+;;;;;;;;;;;;;;;;;;;;/m000000..................../s1. The van der Waals surface area contributed by atoms with Crippen LogP contribution >= 0.6 is 76.5 Å². The van der Waals surface area contributed by atoms with Gasteiger partial charge >= 0.3 is 0 Å². The number of rotatable bonds is 17. The van der Waals surface area contributed by atoms with Crippen molar-refractivity contribution in [1.82, 2.24) is 0 Å². The molecule has 670 valence electrons. The van der Waals surface area contributed by atoms with Gasteiger partial charge in [-0.15, -0.1) is 35.9 Å². The van der Waals surface area contributed by atoms with Crippen molar-refractivity contribution in [2.45, 2.75) is 235 Å². The first-order valence-corrected chi connectivity index (χ1v) is 52.7. The zero-order chi connectivity index (χ0) is 76.7. The van der Waals surface area contributed by atoms with E-state index in [1.54, 1.807) is 63.6 Å². The fourth-order valence-corrected chi connectivity index (χ4v) is 24.6. The molecule has 18 radical (unpaired) electrons. The second-order valence-electron chi connectivity index (χ2n) is 23.4. The monoisotopic (exact) mass is 2520 g/mol. The molecule has 0 aliphatic carbocycles. The van der Waals surface area contributed by atoms with Gasteiger partial charge in [0.25, 0.3) is 0 Å². The Kier molecular flexibility index (Phi) is 148. The second-order valence-corrected chi connectivity index (χ2v) is 43.3. The van der Waals surface area contributed by atoms with Gasteiger partial charge in [0.15, 0.2) is 0 Å². The van der Waals surface area contributed by atoms with Gasteiger partial charge in [-0.2, -0.15) is 12.6 Å². The van der Waals surface area contributed by atoms with Gasteiger partial charge in [-0.25, -0.2) is 17.6 Å². The molecule has 6 rings (SSSR count). The first kappa shape index (κ1) is 175. The largest absolute Gasteiger partial charge is 0.410 e. The van der Waals surface area contributed by atoms with Crippen LogP contribution < -0.4 is 0 Å². The van der Waals surface area contributed by atoms with Crippen molar-refractivity contribution >= 4 is 199 Å². The maximum Gasteiger partial charge on any atom is 0.144 e. The number of ether oxygens (including phenoxy) is 8. The molecular formula is C65H133B6ClF5NNi4O10P5S10Y6-9. The van der Waals surface area contributed by atoms with Crippen LogP contribution in [0.2, 0.25) is 0 Å². The first-order valence-electron chi connectivity index (χ1n) is 31.6. The van der Waals surface area contributed by atoms with E-state index in [0.717, 1.165) is 14.3 Å². The summed E-state index contributed by atoms with van der Waals surface area (Å²) in [4.78, 5) is 0. The predicted octanol–water partition coefficient (Wildman–Crippen LogP) is 15.8. The van der Waals surface area contributed by atoms with Gasteiger partial charge in [-0.05, 0) is 137 Å². The third-order valence-electron chi connectivity index (χ3n) is 17.1. The topological polar surface area (TPSA) is 92.3 Å². The van der Waals surface area contributed by atoms with Crippen LogP contribution in [0.25, 0.3) is 0 Å². The zero-order valence-electron chi connectivity index (χ0n) is 69.6. The molecule has 6 fully saturated rings. The first-order chi connectivity index (χ1) is 45.0. The molecule has 0 aromatic heterocycles. The fourth-order valence-electron chi connectivity index (χ4n) is 9.78. The van der Waals surface area contributed by atoms with Crippen molar-refractivity contribution in [3.8, 4) is 0 Å². The van der Waals surface area contributed by atoms with Crippen LogP contribution in [-0.2, 0) is 385 Å². The van der Waals surface area contributed by atoms with Crippen molar-refractivity contribution < 1.29 is 336 Å². The average molecular weight is 2530 g/mol. The van der Waals surface area contributed by atoms with Gasteiger partial charge in [-0.3, -0.25) is 0 Å². The third kappa shape index (κ3) is 64.0. The van der Waals surface area contributed by atoms with E-state index in [1.165, 1.54) is 17.8 Å². The second kappa shape index (κ2) is 95.4. The van der Waals surface area contributed by atoms with E-state index in [-0.39, 0.29) is 384 Å². The molecule has 0 amide bonds. The SMILES string of the molecule is C.C.CC[N+](F)(CC)CC.CPC.CPCl.S=S=S=S=S=S=S=S.[B][C@@H]1O[C@]([CH2-])(CC)C(C)[C@@H]1F.[B][C@@H]1O[C@]([CH2-])(CC)C(C)[C@@H]1F.[B][C@@H]1O[C@]([CH2-])(CC)C(OPC)[C@@H]1F.[B][C@@H]1O[C@]([CH2-])(CC)C(OPC)[C@@H]1F.[B][C@@H]1O[C@]([CH2-])(CS)C(C)[C@@H]1OC.[B][C@@H]1O[C@]([CH2-])(CSP(C)C)C(C)[C@@H]1OC.[CH3-].[CH3-].[CH3-].[CH3-].[Ni].[Ni].[Ni].[Ni].[Y].[Y].[Y].[Y].[Y].[Y]. The molecule has 0 aromatic carbocycles. The maximum absolute atomic E-state index is 13.4. The molecule has 113 heavy (non-hydrogen) atoms. The van der Waals surface area contributed by atoms with Gasteiger partial charge in [-0.1, -0.05) is 114 Å². The molecule has 11 nitrogen and oxygen atoms in total. The fraction of sp³-hybridized carbons (Fsp3) is 0.846. The van der Waals surface area contributed by atoms with Gasteiger partial charge in [0.2, 0.25) is 0 Å². The molecule has 48 heteroatoms. The molecular weight excluding hydrogens is 2390 g/mol. The Labute approximate surface area is 941 Å². The molecule has 0 bridgehead atoms. The van der Waals surface area contributed by atoms with Crippen molar-refractivity contribution in [3.05, 3.63) is 71.2 Å². The van der Waals surface area contributed by atoms with Crippen molar-refractivity contribution in [2.24, 2.45) is 23.7 Å². The van der Waals surface area contributed by atoms with Gasteiger partial charge in [0.1, 0.15) is 91.4 Å². The van der Waals surface area contributed by atoms with Gasteiger partial charge in [0, 0.05) is 406 Å². The molecule has 0 N–H and O–H groups in total. The minimum Gasteiger partial charge on any atom is -0.410 e. The van der Waals surface area contributed by atoms with E-state index >= 15 is 0 Å². The van der Waals surface area contributed by atoms with Crippen LogP contribution in [0.4, 0.5) is 22.0 Å². The van der Waals surface area contributed by atoms with Crippen LogP contribution in [-0.4, -0.2) is 263 Å². The molecule has 6 saturated heterocycles. The summed E-state index contributed by atoms with van der Waals surface area (Å²) < 4.78 is 119. The summed E-state index contributed by atoms with van der Waals surface area (Å²) in [5.74, 6) is 1.45. The van der Waals surface area contributed by atoms with E-state index in [9.17, 15) is 22.0 Å². The maximum atomic E-state index is 13.4. The Hall–Kier alpha value is 13.1. The summed E-state index contributed by atoms with van der Waals surface area (Å²) in [6.45, 7) is 60.5. The Morgan fingerprint density at radius 1 is 0.469 bits per heavy atom. The normalized spacial score (nSPS) is 33.0. The van der Waals surface area contributed by atoms with Crippen LogP contribution in [0.1, 0.15) is 117 Å². The van der Waals surface area contributed by atoms with Crippen LogP contribution in [0.15, 0.2) is 0 Å². The van der Waals surface area contributed by atoms with Gasteiger partial charge in [0.05, 0.1) is 24.4 Å². The third-order valence-corrected chi connectivity index (χ3v) is 32.8. The minimum atomic E-state index is -1.27. The van der Waals surface area contributed by atoms with Crippen LogP contribution in [0.5, 0.6) is 0 Å². The minimum absolute atomic E-state index is 0. The number of thiol groups is 1. The number of alkyl halides is 4. The Morgan fingerprint density at radius 3 is 0.858 bits per heavy atom. The van der Waals surface area contributed by atoms with Crippen LogP contribution in [0.3, 0.4) is 0 Å². The van der Waals surface area contributed by atoms with E-state index in [1.807, 2.05) is 86.8 Å². The summed E-state index contributed by atoms with van der Waals surface area (Å²) in [7, 11) is 47.7. The number of hydrogen-bond acceptors (Lipinski definition) is 14. The number of halogens is 6. The summed E-state index contributed by atoms with van der Waals surface area (Å²) >= 11 is 20.3. The van der Waals surface area contributed by atoms with Gasteiger partial charge < -0.3 is 118 Å². The Balaban J connectivity index is -0.0000000474. The Bertz CT molecular complexity index is 2320. The Morgan fingerprint density at radius 2 is 0.699 bits per heavy atom. The molecule has 0 spiro atoms. The van der Waals surface area contributed by atoms with Crippen molar-refractivity contribution in [1.29, 1.82) is 0 Å². The zero-order valence-corrected chi connectivity index (χ0v) is 104. The summed E-state index contributed by atoms with van der Waals surface area (Å²) in [6.07, 6.45) is -3.49. The van der Waals surface area contributed by atoms with E-state index in [2.05, 4.69) is 110 Å².